The number of amides is 1. The summed E-state index contributed by atoms with van der Waals surface area (Å²) in [4.78, 5) is 22.9. The first kappa shape index (κ1) is 22.0. The number of hydrogen-bond acceptors (Lipinski definition) is 7. The lowest BCUT2D eigenvalue weighted by Gasteiger charge is -2.33. The third-order valence-corrected chi connectivity index (χ3v) is 5.82. The quantitative estimate of drug-likeness (QED) is 0.474. The van der Waals surface area contributed by atoms with Crippen LogP contribution in [0, 0.1) is 5.82 Å². The third-order valence-electron chi connectivity index (χ3n) is 5.82. The summed E-state index contributed by atoms with van der Waals surface area (Å²) in [5, 5.41) is 11.8. The van der Waals surface area contributed by atoms with Gasteiger partial charge in [0.15, 0.2) is 11.3 Å². The van der Waals surface area contributed by atoms with Crippen LogP contribution < -0.4 is 10.2 Å². The number of fused-ring (bicyclic) bond motifs is 3. The summed E-state index contributed by atoms with van der Waals surface area (Å²) in [6, 6.07) is 4.68. The molecule has 5 rings (SSSR count). The number of benzene rings is 1. The number of carbonyl (C=O) groups is 1. The van der Waals surface area contributed by atoms with Gasteiger partial charge in [-0.25, -0.2) is 23.1 Å². The molecule has 0 bridgehead atoms. The number of morpholine rings is 1. The number of nitrogens with zero attached hydrogens (tertiary/aromatic N) is 6. The molecule has 0 unspecified atom stereocenters. The highest BCUT2D eigenvalue weighted by Gasteiger charge is 2.30. The van der Waals surface area contributed by atoms with Gasteiger partial charge >= 0.3 is 0 Å². The fraction of sp³-hybridized carbons (Fsp3) is 0.318. The van der Waals surface area contributed by atoms with E-state index in [2.05, 4.69) is 25.5 Å². The number of rotatable bonds is 5. The number of pyridine rings is 1. The number of ether oxygens (including phenoxy) is 1. The van der Waals surface area contributed by atoms with Gasteiger partial charge in [-0.15, -0.1) is 10.2 Å². The summed E-state index contributed by atoms with van der Waals surface area (Å²) >= 11 is 0. The van der Waals surface area contributed by atoms with Crippen molar-refractivity contribution in [1.29, 1.82) is 0 Å². The van der Waals surface area contributed by atoms with Gasteiger partial charge in [0.2, 0.25) is 0 Å². The zero-order valence-corrected chi connectivity index (χ0v) is 18.2. The van der Waals surface area contributed by atoms with Crippen molar-refractivity contribution >= 4 is 34.1 Å². The van der Waals surface area contributed by atoms with E-state index in [1.54, 1.807) is 22.3 Å². The van der Waals surface area contributed by atoms with Gasteiger partial charge < -0.3 is 15.0 Å². The van der Waals surface area contributed by atoms with Gasteiger partial charge in [-0.1, -0.05) is 18.2 Å². The highest BCUT2D eigenvalue weighted by atomic mass is 19.3. The smallest absolute Gasteiger partial charge is 0.266 e. The van der Waals surface area contributed by atoms with Gasteiger partial charge in [0.05, 0.1) is 35.3 Å². The Morgan fingerprint density at radius 2 is 2.00 bits per heavy atom. The minimum Gasteiger partial charge on any atom is -0.369 e. The van der Waals surface area contributed by atoms with E-state index in [9.17, 15) is 18.0 Å². The fourth-order valence-electron chi connectivity index (χ4n) is 4.20. The number of halogens is 3. The molecule has 1 aliphatic rings. The van der Waals surface area contributed by atoms with Crippen LogP contribution in [-0.2, 0) is 9.53 Å². The summed E-state index contributed by atoms with van der Waals surface area (Å²) in [5.74, 6) is -0.858. The zero-order chi connectivity index (χ0) is 24.0. The molecule has 1 N–H and O–H groups in total. The number of carbonyl (C=O) groups excluding carboxylic acids is 1. The molecule has 34 heavy (non-hydrogen) atoms. The minimum absolute atomic E-state index is 0.0597. The third kappa shape index (κ3) is 3.59. The molecule has 0 saturated carbocycles. The second kappa shape index (κ2) is 8.52. The van der Waals surface area contributed by atoms with E-state index in [-0.39, 0.29) is 24.1 Å². The first-order valence-electron chi connectivity index (χ1n) is 10.6. The summed E-state index contributed by atoms with van der Waals surface area (Å²) in [6.45, 7) is 3.80. The molecule has 0 radical (unpaired) electrons. The summed E-state index contributed by atoms with van der Waals surface area (Å²) in [6.07, 6.45) is -0.127. The molecule has 1 saturated heterocycles. The predicted octanol–water partition coefficient (Wildman–Crippen LogP) is 3.67. The SMILES string of the molecule is C[C@@H](Nc1ncnc2c1cc(N1C(=O)COC[C@@H]1C)c1nncn12)c1cccc(C(F)F)c1F. The molecule has 2 atom stereocenters. The van der Waals surface area contributed by atoms with E-state index in [0.717, 1.165) is 6.07 Å². The van der Waals surface area contributed by atoms with E-state index < -0.39 is 23.8 Å². The van der Waals surface area contributed by atoms with Crippen molar-refractivity contribution in [2.45, 2.75) is 32.4 Å². The second-order valence-corrected chi connectivity index (χ2v) is 8.06. The number of hydrogen-bond donors (Lipinski definition) is 1. The average molecular weight is 471 g/mol. The van der Waals surface area contributed by atoms with Crippen LogP contribution in [0.15, 0.2) is 36.9 Å². The van der Waals surface area contributed by atoms with Crippen LogP contribution in [0.2, 0.25) is 0 Å². The van der Waals surface area contributed by atoms with Gasteiger partial charge in [-0.2, -0.15) is 0 Å². The molecular formula is C22H20F3N7O2. The Labute approximate surface area is 191 Å². The van der Waals surface area contributed by atoms with E-state index in [1.807, 2.05) is 6.92 Å². The minimum atomic E-state index is -2.93. The number of aromatic nitrogens is 5. The molecule has 1 aliphatic heterocycles. The molecule has 9 nitrogen and oxygen atoms in total. The second-order valence-electron chi connectivity index (χ2n) is 8.06. The average Bonchev–Trinajstić information content (AvgIpc) is 3.30. The van der Waals surface area contributed by atoms with Crippen molar-refractivity contribution in [3.05, 3.63) is 53.9 Å². The van der Waals surface area contributed by atoms with Gasteiger partial charge in [0, 0.05) is 5.56 Å². The predicted molar refractivity (Wildman–Crippen MR) is 117 cm³/mol. The first-order valence-corrected chi connectivity index (χ1v) is 10.6. The molecule has 1 fully saturated rings. The summed E-state index contributed by atoms with van der Waals surface area (Å²) in [5.41, 5.74) is 0.813. The molecule has 0 aliphatic carbocycles. The monoisotopic (exact) mass is 471 g/mol. The molecule has 0 spiro atoms. The van der Waals surface area contributed by atoms with Crippen molar-refractivity contribution < 1.29 is 22.7 Å². The summed E-state index contributed by atoms with van der Waals surface area (Å²) < 4.78 is 48.0. The molecule has 3 aromatic heterocycles. The Morgan fingerprint density at radius 1 is 1.21 bits per heavy atom. The van der Waals surface area contributed by atoms with Gasteiger partial charge in [-0.3, -0.25) is 9.20 Å². The van der Waals surface area contributed by atoms with Crippen LogP contribution in [0.5, 0.6) is 0 Å². The van der Waals surface area contributed by atoms with Crippen molar-refractivity contribution in [3.63, 3.8) is 0 Å². The number of nitrogens with one attached hydrogen (secondary N) is 1. The molecule has 1 aromatic carbocycles. The highest BCUT2D eigenvalue weighted by molar-refractivity contribution is 6.02. The largest absolute Gasteiger partial charge is 0.369 e. The molecule has 12 heteroatoms. The van der Waals surface area contributed by atoms with Crippen LogP contribution in [0.4, 0.5) is 24.7 Å². The van der Waals surface area contributed by atoms with Crippen LogP contribution in [0.3, 0.4) is 0 Å². The molecule has 176 valence electrons. The lowest BCUT2D eigenvalue weighted by Crippen LogP contribution is -2.48. The highest BCUT2D eigenvalue weighted by Crippen LogP contribution is 2.33. The van der Waals surface area contributed by atoms with Crippen LogP contribution >= 0.6 is 0 Å². The van der Waals surface area contributed by atoms with E-state index in [4.69, 9.17) is 4.74 Å². The number of anilines is 2. The maximum atomic E-state index is 14.7. The molecule has 4 aromatic rings. The molecular weight excluding hydrogens is 451 g/mol. The van der Waals surface area contributed by atoms with Crippen LogP contribution in [-0.4, -0.2) is 49.7 Å². The zero-order valence-electron chi connectivity index (χ0n) is 18.2. The topological polar surface area (TPSA) is 97.5 Å². The molecule has 1 amide bonds. The van der Waals surface area contributed by atoms with Crippen LogP contribution in [0.25, 0.3) is 16.7 Å². The molecule has 4 heterocycles. The van der Waals surface area contributed by atoms with Crippen LogP contribution in [0.1, 0.15) is 37.4 Å². The lowest BCUT2D eigenvalue weighted by molar-refractivity contribution is -0.127. The van der Waals surface area contributed by atoms with Crippen molar-refractivity contribution in [2.24, 2.45) is 0 Å². The Hall–Kier alpha value is -3.80. The Balaban J connectivity index is 1.62. The van der Waals surface area contributed by atoms with Crippen molar-refractivity contribution in [2.75, 3.05) is 23.4 Å². The maximum absolute atomic E-state index is 14.7. The Kier molecular flexibility index (Phi) is 5.52. The van der Waals surface area contributed by atoms with E-state index >= 15 is 0 Å². The van der Waals surface area contributed by atoms with Crippen molar-refractivity contribution in [3.8, 4) is 0 Å². The first-order chi connectivity index (χ1) is 16.4. The van der Waals surface area contributed by atoms with E-state index in [0.29, 0.717) is 34.8 Å². The Bertz CT molecular complexity index is 1390. The van der Waals surface area contributed by atoms with Gasteiger partial charge in [0.1, 0.15) is 30.9 Å². The normalized spacial score (nSPS) is 17.6. The van der Waals surface area contributed by atoms with Crippen molar-refractivity contribution in [1.82, 2.24) is 24.6 Å². The standard InChI is InChI=1S/C22H20F3N7O2/c1-11-7-34-8-17(33)32(11)16-6-15-20(26-9-27-21(15)31-10-28-30-22(16)31)29-12(2)13-4-3-5-14(18(13)23)19(24)25/h3-6,9-12,19H,7-8H2,1-2H3,(H,26,27,29)/t11-,12+/m0/s1. The fourth-order valence-corrected chi connectivity index (χ4v) is 4.20. The van der Waals surface area contributed by atoms with E-state index in [1.165, 1.54) is 24.8 Å². The lowest BCUT2D eigenvalue weighted by atomic mass is 10.0. The number of alkyl halides is 2. The van der Waals surface area contributed by atoms with Gasteiger partial charge in [-0.05, 0) is 19.9 Å². The summed E-state index contributed by atoms with van der Waals surface area (Å²) in [7, 11) is 0. The maximum Gasteiger partial charge on any atom is 0.266 e. The van der Waals surface area contributed by atoms with Gasteiger partial charge in [0.25, 0.3) is 12.3 Å². The Morgan fingerprint density at radius 3 is 2.76 bits per heavy atom.